The number of pyridine rings is 1. The molecule has 20 heavy (non-hydrogen) atoms. The highest BCUT2D eigenvalue weighted by Crippen LogP contribution is 2.32. The fraction of sp³-hybridized carbons (Fsp3) is 0.357. The first-order valence-electron chi connectivity index (χ1n) is 6.53. The van der Waals surface area contributed by atoms with Crippen LogP contribution in [0, 0.1) is 17.0 Å². The van der Waals surface area contributed by atoms with Gasteiger partial charge < -0.3 is 10.1 Å². The summed E-state index contributed by atoms with van der Waals surface area (Å²) in [5.74, 6) is 0. The Morgan fingerprint density at radius 1 is 1.45 bits per heavy atom. The molecule has 1 aliphatic heterocycles. The van der Waals surface area contributed by atoms with Crippen LogP contribution >= 0.6 is 0 Å². The summed E-state index contributed by atoms with van der Waals surface area (Å²) in [6, 6.07) is 5.42. The van der Waals surface area contributed by atoms with Crippen LogP contribution in [0.5, 0.6) is 0 Å². The fourth-order valence-corrected chi connectivity index (χ4v) is 2.48. The van der Waals surface area contributed by atoms with Crippen LogP contribution in [0.15, 0.2) is 24.4 Å². The Bertz CT molecular complexity index is 666. The number of benzene rings is 1. The molecule has 2 heterocycles. The van der Waals surface area contributed by atoms with Crippen molar-refractivity contribution in [2.45, 2.75) is 19.4 Å². The normalized spacial score (nSPS) is 18.4. The molecular formula is C14H15N3O3. The second-order valence-electron chi connectivity index (χ2n) is 4.97. The first-order valence-corrected chi connectivity index (χ1v) is 6.53. The van der Waals surface area contributed by atoms with Crippen molar-refractivity contribution in [3.05, 3.63) is 40.2 Å². The predicted molar refractivity (Wildman–Crippen MR) is 76.0 cm³/mol. The molecule has 2 aromatic rings. The average Bonchev–Trinajstić information content (AvgIpc) is 2.92. The van der Waals surface area contributed by atoms with Crippen LogP contribution in [0.4, 0.5) is 11.4 Å². The van der Waals surface area contributed by atoms with Gasteiger partial charge in [-0.3, -0.25) is 15.1 Å². The van der Waals surface area contributed by atoms with E-state index in [4.69, 9.17) is 4.74 Å². The average molecular weight is 273 g/mol. The zero-order valence-corrected chi connectivity index (χ0v) is 11.1. The smallest absolute Gasteiger partial charge is 0.278 e. The second-order valence-corrected chi connectivity index (χ2v) is 4.97. The lowest BCUT2D eigenvalue weighted by Gasteiger charge is -2.14. The number of nitro groups is 1. The zero-order chi connectivity index (χ0) is 14.1. The standard InChI is InChI=1S/C14H15N3O3/c1-9-6-11-12(7-15-9)14(17(18)19)3-2-13(11)16-10-4-5-20-8-10/h2-3,6-7,10,16H,4-5,8H2,1H3. The molecule has 1 saturated heterocycles. The van der Waals surface area contributed by atoms with E-state index in [1.54, 1.807) is 12.3 Å². The number of fused-ring (bicyclic) bond motifs is 1. The molecule has 6 heteroatoms. The molecule has 1 atom stereocenters. The minimum Gasteiger partial charge on any atom is -0.379 e. The van der Waals surface area contributed by atoms with E-state index in [-0.39, 0.29) is 16.7 Å². The third-order valence-corrected chi connectivity index (χ3v) is 3.50. The number of non-ortho nitro benzene ring substituents is 1. The van der Waals surface area contributed by atoms with E-state index in [1.165, 1.54) is 6.07 Å². The van der Waals surface area contributed by atoms with Gasteiger partial charge in [-0.25, -0.2) is 0 Å². The van der Waals surface area contributed by atoms with Crippen LogP contribution in [0.3, 0.4) is 0 Å². The summed E-state index contributed by atoms with van der Waals surface area (Å²) in [5, 5.41) is 15.9. The quantitative estimate of drug-likeness (QED) is 0.687. The number of hydrogen-bond donors (Lipinski definition) is 1. The Balaban J connectivity index is 2.09. The molecule has 1 aliphatic rings. The maximum Gasteiger partial charge on any atom is 0.278 e. The van der Waals surface area contributed by atoms with Gasteiger partial charge >= 0.3 is 0 Å². The Morgan fingerprint density at radius 3 is 3.00 bits per heavy atom. The maximum absolute atomic E-state index is 11.1. The number of nitrogens with one attached hydrogen (secondary N) is 1. The molecule has 1 aromatic heterocycles. The minimum atomic E-state index is -0.373. The van der Waals surface area contributed by atoms with Crippen molar-refractivity contribution in [2.75, 3.05) is 18.5 Å². The molecule has 0 amide bonds. The van der Waals surface area contributed by atoms with Gasteiger partial charge in [-0.1, -0.05) is 0 Å². The van der Waals surface area contributed by atoms with E-state index in [0.717, 1.165) is 29.8 Å². The van der Waals surface area contributed by atoms with E-state index in [1.807, 2.05) is 13.0 Å². The molecule has 104 valence electrons. The Hall–Kier alpha value is -2.21. The molecule has 1 aromatic carbocycles. The van der Waals surface area contributed by atoms with Crippen molar-refractivity contribution in [2.24, 2.45) is 0 Å². The summed E-state index contributed by atoms with van der Waals surface area (Å²) in [6.07, 6.45) is 2.52. The summed E-state index contributed by atoms with van der Waals surface area (Å²) in [5.41, 5.74) is 1.82. The molecule has 0 aliphatic carbocycles. The lowest BCUT2D eigenvalue weighted by molar-refractivity contribution is -0.383. The number of hydrogen-bond acceptors (Lipinski definition) is 5. The van der Waals surface area contributed by atoms with Crippen LogP contribution < -0.4 is 5.32 Å². The van der Waals surface area contributed by atoms with Crippen LogP contribution in [0.25, 0.3) is 10.8 Å². The third-order valence-electron chi connectivity index (χ3n) is 3.50. The summed E-state index contributed by atoms with van der Waals surface area (Å²) in [6.45, 7) is 3.30. The zero-order valence-electron chi connectivity index (χ0n) is 11.1. The van der Waals surface area contributed by atoms with Gasteiger partial charge in [0.2, 0.25) is 0 Å². The van der Waals surface area contributed by atoms with E-state index in [9.17, 15) is 10.1 Å². The van der Waals surface area contributed by atoms with Gasteiger partial charge in [-0.2, -0.15) is 0 Å². The van der Waals surface area contributed by atoms with E-state index in [2.05, 4.69) is 10.3 Å². The number of aryl methyl sites for hydroxylation is 1. The molecule has 0 saturated carbocycles. The first-order chi connectivity index (χ1) is 9.65. The molecule has 1 N–H and O–H groups in total. The van der Waals surface area contributed by atoms with Gasteiger partial charge in [0.25, 0.3) is 5.69 Å². The van der Waals surface area contributed by atoms with Crippen LogP contribution in [0.2, 0.25) is 0 Å². The number of nitrogens with zero attached hydrogens (tertiary/aromatic N) is 2. The van der Waals surface area contributed by atoms with Gasteiger partial charge in [-0.15, -0.1) is 0 Å². The monoisotopic (exact) mass is 273 g/mol. The summed E-state index contributed by atoms with van der Waals surface area (Å²) in [4.78, 5) is 14.9. The van der Waals surface area contributed by atoms with E-state index in [0.29, 0.717) is 12.0 Å². The topological polar surface area (TPSA) is 77.3 Å². The van der Waals surface area contributed by atoms with E-state index >= 15 is 0 Å². The molecule has 0 radical (unpaired) electrons. The van der Waals surface area contributed by atoms with Gasteiger partial charge in [0.1, 0.15) is 0 Å². The maximum atomic E-state index is 11.1. The number of aromatic nitrogens is 1. The van der Waals surface area contributed by atoms with Crippen LogP contribution in [-0.4, -0.2) is 29.2 Å². The molecular weight excluding hydrogens is 258 g/mol. The van der Waals surface area contributed by atoms with Crippen molar-refractivity contribution in [3.8, 4) is 0 Å². The Morgan fingerprint density at radius 2 is 2.30 bits per heavy atom. The van der Waals surface area contributed by atoms with Crippen LogP contribution in [-0.2, 0) is 4.74 Å². The van der Waals surface area contributed by atoms with Gasteiger partial charge in [0, 0.05) is 35.6 Å². The number of nitro benzene ring substituents is 1. The highest BCUT2D eigenvalue weighted by Gasteiger charge is 2.19. The second kappa shape index (κ2) is 5.05. The highest BCUT2D eigenvalue weighted by atomic mass is 16.6. The van der Waals surface area contributed by atoms with Crippen molar-refractivity contribution < 1.29 is 9.66 Å². The lowest BCUT2D eigenvalue weighted by Crippen LogP contribution is -2.19. The summed E-state index contributed by atoms with van der Waals surface area (Å²) >= 11 is 0. The molecule has 1 fully saturated rings. The molecule has 3 rings (SSSR count). The van der Waals surface area contributed by atoms with Gasteiger partial charge in [0.05, 0.1) is 23.0 Å². The predicted octanol–water partition coefficient (Wildman–Crippen LogP) is 2.65. The molecule has 6 nitrogen and oxygen atoms in total. The molecule has 1 unspecified atom stereocenters. The molecule has 0 bridgehead atoms. The fourth-order valence-electron chi connectivity index (χ4n) is 2.48. The first kappa shape index (κ1) is 12.8. The van der Waals surface area contributed by atoms with Crippen molar-refractivity contribution in [1.82, 2.24) is 4.98 Å². The van der Waals surface area contributed by atoms with Crippen molar-refractivity contribution in [3.63, 3.8) is 0 Å². The molecule has 0 spiro atoms. The van der Waals surface area contributed by atoms with Gasteiger partial charge in [-0.05, 0) is 25.5 Å². The SMILES string of the molecule is Cc1cc2c(NC3CCOC3)ccc([N+](=O)[O-])c2cn1. The largest absolute Gasteiger partial charge is 0.379 e. The number of anilines is 1. The highest BCUT2D eigenvalue weighted by molar-refractivity contribution is 5.99. The Kier molecular flexibility index (Phi) is 3.23. The van der Waals surface area contributed by atoms with Gasteiger partial charge in [0.15, 0.2) is 0 Å². The summed E-state index contributed by atoms with van der Waals surface area (Å²) < 4.78 is 5.34. The Labute approximate surface area is 115 Å². The lowest BCUT2D eigenvalue weighted by atomic mass is 10.1. The van der Waals surface area contributed by atoms with Crippen LogP contribution in [0.1, 0.15) is 12.1 Å². The summed E-state index contributed by atoms with van der Waals surface area (Å²) in [7, 11) is 0. The third kappa shape index (κ3) is 2.30. The number of ether oxygens (including phenoxy) is 1. The van der Waals surface area contributed by atoms with Crippen molar-refractivity contribution >= 4 is 22.1 Å². The van der Waals surface area contributed by atoms with E-state index < -0.39 is 0 Å². The minimum absolute atomic E-state index is 0.0840. The van der Waals surface area contributed by atoms with Crippen molar-refractivity contribution in [1.29, 1.82) is 0 Å². The number of rotatable bonds is 3.